The molecule has 120 valence electrons. The van der Waals surface area contributed by atoms with Crippen LogP contribution < -0.4 is 0 Å². The van der Waals surface area contributed by atoms with Gasteiger partial charge in [0, 0.05) is 23.5 Å². The maximum Gasteiger partial charge on any atom is 0.244 e. The average Bonchev–Trinajstić information content (AvgIpc) is 2.55. The normalized spacial score (nSPS) is 11.4. The van der Waals surface area contributed by atoms with Crippen molar-refractivity contribution in [3.8, 4) is 6.07 Å². The molecular weight excluding hydrogens is 352 g/mol. The van der Waals surface area contributed by atoms with Gasteiger partial charge in [0.1, 0.15) is 11.0 Å². The molecule has 2 aromatic rings. The van der Waals surface area contributed by atoms with E-state index in [-0.39, 0.29) is 22.0 Å². The number of halogens is 1. The van der Waals surface area contributed by atoms with Crippen molar-refractivity contribution in [3.63, 3.8) is 0 Å². The third-order valence-electron chi connectivity index (χ3n) is 3.32. The van der Waals surface area contributed by atoms with Crippen molar-refractivity contribution in [2.75, 3.05) is 13.3 Å². The molecule has 0 atom stereocenters. The van der Waals surface area contributed by atoms with Gasteiger partial charge in [-0.1, -0.05) is 23.7 Å². The first-order chi connectivity index (χ1) is 10.9. The predicted molar refractivity (Wildman–Crippen MR) is 93.0 cm³/mol. The van der Waals surface area contributed by atoms with Gasteiger partial charge in [-0.05, 0) is 42.2 Å². The molecule has 4 nitrogen and oxygen atoms in total. The van der Waals surface area contributed by atoms with Crippen LogP contribution in [-0.4, -0.2) is 26.0 Å². The third-order valence-corrected chi connectivity index (χ3v) is 6.14. The Morgan fingerprint density at radius 3 is 2.43 bits per heavy atom. The summed E-state index contributed by atoms with van der Waals surface area (Å²) in [5.74, 6) is 0. The van der Waals surface area contributed by atoms with E-state index in [2.05, 4.69) is 0 Å². The van der Waals surface area contributed by atoms with Crippen molar-refractivity contribution >= 4 is 33.4 Å². The lowest BCUT2D eigenvalue weighted by Gasteiger charge is -2.18. The minimum atomic E-state index is -3.80. The smallest absolute Gasteiger partial charge is 0.207 e. The Labute approximate surface area is 145 Å². The largest absolute Gasteiger partial charge is 0.244 e. The Morgan fingerprint density at radius 2 is 1.87 bits per heavy atom. The Morgan fingerprint density at radius 1 is 1.22 bits per heavy atom. The monoisotopic (exact) mass is 366 g/mol. The highest BCUT2D eigenvalue weighted by molar-refractivity contribution is 7.98. The van der Waals surface area contributed by atoms with Crippen LogP contribution in [0.15, 0.2) is 52.3 Å². The summed E-state index contributed by atoms with van der Waals surface area (Å²) in [4.78, 5) is 1.04. The van der Waals surface area contributed by atoms with Crippen molar-refractivity contribution in [2.24, 2.45) is 0 Å². The molecule has 0 aliphatic carbocycles. The van der Waals surface area contributed by atoms with Gasteiger partial charge in [0.05, 0.1) is 5.56 Å². The molecule has 2 aromatic carbocycles. The summed E-state index contributed by atoms with van der Waals surface area (Å²) < 4.78 is 26.6. The number of rotatable bonds is 5. The van der Waals surface area contributed by atoms with Gasteiger partial charge < -0.3 is 0 Å². The molecule has 0 spiro atoms. The molecule has 0 unspecified atom stereocenters. The van der Waals surface area contributed by atoms with E-state index in [1.807, 2.05) is 36.6 Å². The van der Waals surface area contributed by atoms with Crippen molar-refractivity contribution < 1.29 is 8.42 Å². The molecule has 0 saturated carbocycles. The fourth-order valence-corrected chi connectivity index (χ4v) is 4.01. The number of nitriles is 1. The Bertz CT molecular complexity index is 843. The number of thioether (sulfide) groups is 1. The highest BCUT2D eigenvalue weighted by atomic mass is 35.5. The summed E-state index contributed by atoms with van der Waals surface area (Å²) in [5, 5.41) is 9.40. The van der Waals surface area contributed by atoms with Crippen LogP contribution in [0.3, 0.4) is 0 Å². The van der Waals surface area contributed by atoms with Crippen LogP contribution in [0.5, 0.6) is 0 Å². The highest BCUT2D eigenvalue weighted by Gasteiger charge is 2.24. The molecule has 0 saturated heterocycles. The molecule has 0 bridgehead atoms. The zero-order valence-electron chi connectivity index (χ0n) is 12.7. The van der Waals surface area contributed by atoms with Gasteiger partial charge in [-0.3, -0.25) is 0 Å². The summed E-state index contributed by atoms with van der Waals surface area (Å²) in [5.41, 5.74) is 0.952. The van der Waals surface area contributed by atoms with E-state index >= 15 is 0 Å². The van der Waals surface area contributed by atoms with E-state index in [0.717, 1.165) is 10.5 Å². The first kappa shape index (κ1) is 17.8. The quantitative estimate of drug-likeness (QED) is 0.756. The lowest BCUT2D eigenvalue weighted by molar-refractivity contribution is 0.466. The van der Waals surface area contributed by atoms with Gasteiger partial charge >= 0.3 is 0 Å². The summed E-state index contributed by atoms with van der Waals surface area (Å²) in [6.07, 6.45) is 1.98. The van der Waals surface area contributed by atoms with E-state index in [4.69, 9.17) is 16.9 Å². The standard InChI is InChI=1S/C16H15ClN2O2S2/c1-19(11-12-3-7-15(22-2)8-4-12)23(20,21)16-9-14(17)6-5-13(16)10-18/h3-9H,11H2,1-2H3. The molecule has 0 amide bonds. The number of hydrogen-bond donors (Lipinski definition) is 0. The third kappa shape index (κ3) is 4.06. The molecule has 7 heteroatoms. The maximum absolute atomic E-state index is 12.7. The predicted octanol–water partition coefficient (Wildman–Crippen LogP) is 3.75. The van der Waals surface area contributed by atoms with Gasteiger partial charge in [0.25, 0.3) is 0 Å². The van der Waals surface area contributed by atoms with Crippen LogP contribution >= 0.6 is 23.4 Å². The average molecular weight is 367 g/mol. The SMILES string of the molecule is CSc1ccc(CN(C)S(=O)(=O)c2cc(Cl)ccc2C#N)cc1. The van der Waals surface area contributed by atoms with Crippen molar-refractivity contribution in [3.05, 3.63) is 58.6 Å². The fourth-order valence-electron chi connectivity index (χ4n) is 2.04. The van der Waals surface area contributed by atoms with Crippen LogP contribution in [-0.2, 0) is 16.6 Å². The van der Waals surface area contributed by atoms with Crippen LogP contribution in [0.1, 0.15) is 11.1 Å². The lowest BCUT2D eigenvalue weighted by Crippen LogP contribution is -2.27. The minimum absolute atomic E-state index is 0.0734. The zero-order chi connectivity index (χ0) is 17.0. The molecular formula is C16H15ClN2O2S2. The topological polar surface area (TPSA) is 61.2 Å². The number of benzene rings is 2. The Kier molecular flexibility index (Phi) is 5.71. The summed E-state index contributed by atoms with van der Waals surface area (Å²) in [7, 11) is -2.31. The van der Waals surface area contributed by atoms with Crippen LogP contribution in [0.2, 0.25) is 5.02 Å². The van der Waals surface area contributed by atoms with Gasteiger partial charge in [0.15, 0.2) is 0 Å². The summed E-state index contributed by atoms with van der Waals surface area (Å²) in [6.45, 7) is 0.217. The second-order valence-electron chi connectivity index (χ2n) is 4.86. The molecule has 0 aliphatic heterocycles. The maximum atomic E-state index is 12.7. The molecule has 0 fully saturated rings. The first-order valence-corrected chi connectivity index (χ1v) is 9.71. The fraction of sp³-hybridized carbons (Fsp3) is 0.188. The Hall–Kier alpha value is -1.52. The second kappa shape index (κ2) is 7.37. The molecule has 2 rings (SSSR count). The molecule has 0 radical (unpaired) electrons. The van der Waals surface area contributed by atoms with Crippen LogP contribution in [0.25, 0.3) is 0 Å². The summed E-state index contributed by atoms with van der Waals surface area (Å²) >= 11 is 7.51. The summed E-state index contributed by atoms with van der Waals surface area (Å²) in [6, 6.07) is 13.8. The molecule has 0 N–H and O–H groups in total. The lowest BCUT2D eigenvalue weighted by atomic mass is 10.2. The van der Waals surface area contributed by atoms with Gasteiger partial charge in [-0.15, -0.1) is 11.8 Å². The van der Waals surface area contributed by atoms with Crippen LogP contribution in [0.4, 0.5) is 0 Å². The van der Waals surface area contributed by atoms with Crippen molar-refractivity contribution in [2.45, 2.75) is 16.3 Å². The zero-order valence-corrected chi connectivity index (χ0v) is 15.0. The number of hydrogen-bond acceptors (Lipinski definition) is 4. The van der Waals surface area contributed by atoms with E-state index < -0.39 is 10.0 Å². The highest BCUT2D eigenvalue weighted by Crippen LogP contribution is 2.24. The minimum Gasteiger partial charge on any atom is -0.207 e. The van der Waals surface area contributed by atoms with E-state index in [1.165, 1.54) is 29.6 Å². The number of sulfonamides is 1. The molecule has 0 aromatic heterocycles. The first-order valence-electron chi connectivity index (χ1n) is 6.67. The van der Waals surface area contributed by atoms with Crippen molar-refractivity contribution in [1.82, 2.24) is 4.31 Å². The van der Waals surface area contributed by atoms with E-state index in [9.17, 15) is 8.42 Å². The molecule has 0 heterocycles. The van der Waals surface area contributed by atoms with E-state index in [1.54, 1.807) is 11.8 Å². The number of nitrogens with zero attached hydrogens (tertiary/aromatic N) is 2. The van der Waals surface area contributed by atoms with Gasteiger partial charge in [-0.2, -0.15) is 9.57 Å². The second-order valence-corrected chi connectivity index (χ2v) is 8.19. The van der Waals surface area contributed by atoms with Gasteiger partial charge in [-0.25, -0.2) is 8.42 Å². The Balaban J connectivity index is 2.32. The van der Waals surface area contributed by atoms with E-state index in [0.29, 0.717) is 0 Å². The van der Waals surface area contributed by atoms with Crippen LogP contribution in [0, 0.1) is 11.3 Å². The molecule has 23 heavy (non-hydrogen) atoms. The molecule has 0 aliphatic rings. The van der Waals surface area contributed by atoms with Crippen molar-refractivity contribution in [1.29, 1.82) is 5.26 Å². The van der Waals surface area contributed by atoms with Gasteiger partial charge in [0.2, 0.25) is 10.0 Å².